The summed E-state index contributed by atoms with van der Waals surface area (Å²) in [5, 5.41) is 9.54. The Labute approximate surface area is 82.3 Å². The van der Waals surface area contributed by atoms with Crippen molar-refractivity contribution in [3.05, 3.63) is 16.8 Å². The molecule has 1 heterocycles. The van der Waals surface area contributed by atoms with Crippen LogP contribution in [0.5, 0.6) is 0 Å². The number of aromatic carboxylic acids is 1. The van der Waals surface area contributed by atoms with Crippen molar-refractivity contribution in [2.45, 2.75) is 19.6 Å². The lowest BCUT2D eigenvalue weighted by Crippen LogP contribution is -2.39. The quantitative estimate of drug-likeness (QED) is 0.775. The number of rotatable bonds is 2. The van der Waals surface area contributed by atoms with Crippen LogP contribution in [0.3, 0.4) is 0 Å². The SMILES string of the molecule is C[Si](C)(C)c1oc(Cl)cc1C(=O)O. The van der Waals surface area contributed by atoms with Crippen molar-refractivity contribution in [1.82, 2.24) is 0 Å². The van der Waals surface area contributed by atoms with Crippen LogP contribution in [-0.4, -0.2) is 19.1 Å². The number of hydrogen-bond donors (Lipinski definition) is 1. The first-order valence-electron chi connectivity index (χ1n) is 3.85. The highest BCUT2D eigenvalue weighted by Gasteiger charge is 2.28. The molecule has 0 saturated carbocycles. The first-order valence-corrected chi connectivity index (χ1v) is 7.73. The fraction of sp³-hybridized carbons (Fsp3) is 0.375. The molecule has 0 atom stereocenters. The second-order valence-electron chi connectivity index (χ2n) is 3.85. The number of furan rings is 1. The number of carbonyl (C=O) groups is 1. The summed E-state index contributed by atoms with van der Waals surface area (Å²) in [4.78, 5) is 10.8. The zero-order chi connectivity index (χ0) is 10.2. The van der Waals surface area contributed by atoms with Crippen molar-refractivity contribution >= 4 is 31.0 Å². The van der Waals surface area contributed by atoms with Crippen LogP contribution in [0.4, 0.5) is 0 Å². The van der Waals surface area contributed by atoms with E-state index < -0.39 is 14.0 Å². The Balaban J connectivity index is 3.28. The molecule has 1 N–H and O–H groups in total. The highest BCUT2D eigenvalue weighted by atomic mass is 35.5. The maximum atomic E-state index is 10.8. The van der Waals surface area contributed by atoms with Crippen LogP contribution in [0.25, 0.3) is 0 Å². The fourth-order valence-corrected chi connectivity index (χ4v) is 2.73. The van der Waals surface area contributed by atoms with Crippen LogP contribution in [0.1, 0.15) is 10.4 Å². The smallest absolute Gasteiger partial charge is 0.338 e. The molecule has 0 aliphatic rings. The molecule has 13 heavy (non-hydrogen) atoms. The number of carboxylic acid groups (broad SMARTS) is 1. The summed E-state index contributed by atoms with van der Waals surface area (Å²) >= 11 is 5.61. The first kappa shape index (κ1) is 10.3. The summed E-state index contributed by atoms with van der Waals surface area (Å²) in [5.74, 6) is -0.979. The molecule has 0 radical (unpaired) electrons. The van der Waals surface area contributed by atoms with Gasteiger partial charge in [0.1, 0.15) is 8.07 Å². The Bertz CT molecular complexity index is 338. The maximum absolute atomic E-state index is 10.8. The Hall–Kier alpha value is -0.743. The van der Waals surface area contributed by atoms with Crippen molar-refractivity contribution in [3.8, 4) is 0 Å². The van der Waals surface area contributed by atoms with Crippen LogP contribution in [0.15, 0.2) is 10.5 Å². The third-order valence-corrected chi connectivity index (χ3v) is 3.53. The molecule has 0 aliphatic heterocycles. The van der Waals surface area contributed by atoms with Crippen LogP contribution < -0.4 is 5.38 Å². The lowest BCUT2D eigenvalue weighted by molar-refractivity contribution is 0.0698. The average Bonchev–Trinajstić information content (AvgIpc) is 2.29. The van der Waals surface area contributed by atoms with E-state index in [1.807, 2.05) is 19.6 Å². The molecular formula is C8H11ClO3Si. The molecule has 1 rings (SSSR count). The van der Waals surface area contributed by atoms with E-state index in [4.69, 9.17) is 21.1 Å². The minimum atomic E-state index is -1.75. The van der Waals surface area contributed by atoms with Gasteiger partial charge in [0.25, 0.3) is 0 Å². The van der Waals surface area contributed by atoms with Gasteiger partial charge < -0.3 is 9.52 Å². The predicted octanol–water partition coefficient (Wildman–Crippen LogP) is 2.18. The second kappa shape index (κ2) is 3.19. The minimum absolute atomic E-state index is 0.148. The van der Waals surface area contributed by atoms with Crippen LogP contribution in [0, 0.1) is 0 Å². The standard InChI is InChI=1S/C8H11ClO3Si/c1-13(2,3)8-5(7(10)11)4-6(9)12-8/h4H,1-3H3,(H,10,11). The first-order chi connectivity index (χ1) is 5.82. The van der Waals surface area contributed by atoms with E-state index in [0.717, 1.165) is 0 Å². The summed E-state index contributed by atoms with van der Waals surface area (Å²) in [7, 11) is -1.75. The van der Waals surface area contributed by atoms with E-state index >= 15 is 0 Å². The molecule has 0 amide bonds. The molecule has 0 spiro atoms. The second-order valence-corrected chi connectivity index (χ2v) is 9.18. The normalized spacial score (nSPS) is 11.7. The topological polar surface area (TPSA) is 50.4 Å². The highest BCUT2D eigenvalue weighted by Crippen LogP contribution is 2.16. The zero-order valence-corrected chi connectivity index (χ0v) is 9.47. The Morgan fingerprint density at radius 2 is 2.08 bits per heavy atom. The van der Waals surface area contributed by atoms with Gasteiger partial charge in [-0.1, -0.05) is 19.6 Å². The van der Waals surface area contributed by atoms with E-state index in [2.05, 4.69) is 0 Å². The van der Waals surface area contributed by atoms with Gasteiger partial charge in [0.2, 0.25) is 0 Å². The van der Waals surface area contributed by atoms with E-state index in [-0.39, 0.29) is 10.8 Å². The lowest BCUT2D eigenvalue weighted by Gasteiger charge is -2.12. The number of carboxylic acids is 1. The lowest BCUT2D eigenvalue weighted by atomic mass is 10.3. The Kier molecular flexibility index (Phi) is 2.54. The molecule has 1 aromatic heterocycles. The third-order valence-electron chi connectivity index (χ3n) is 1.61. The summed E-state index contributed by atoms with van der Waals surface area (Å²) in [5.41, 5.74) is 0.198. The third kappa shape index (κ3) is 2.13. The van der Waals surface area contributed by atoms with Crippen LogP contribution >= 0.6 is 11.6 Å². The molecule has 0 aromatic carbocycles. The van der Waals surface area contributed by atoms with Crippen LogP contribution in [0.2, 0.25) is 24.9 Å². The van der Waals surface area contributed by atoms with Crippen molar-refractivity contribution < 1.29 is 14.3 Å². The van der Waals surface area contributed by atoms with Gasteiger partial charge in [-0.2, -0.15) is 0 Å². The summed E-state index contributed by atoms with van der Waals surface area (Å²) in [6.45, 7) is 6.03. The van der Waals surface area contributed by atoms with Gasteiger partial charge in [0.15, 0.2) is 5.22 Å². The molecule has 1 aromatic rings. The zero-order valence-electron chi connectivity index (χ0n) is 7.72. The predicted molar refractivity (Wildman–Crippen MR) is 53.7 cm³/mol. The van der Waals surface area contributed by atoms with Gasteiger partial charge in [0.05, 0.1) is 10.9 Å². The van der Waals surface area contributed by atoms with E-state index in [0.29, 0.717) is 5.38 Å². The van der Waals surface area contributed by atoms with Gasteiger partial charge in [-0.3, -0.25) is 0 Å². The molecule has 0 fully saturated rings. The largest absolute Gasteiger partial charge is 0.478 e. The van der Waals surface area contributed by atoms with Crippen molar-refractivity contribution in [3.63, 3.8) is 0 Å². The highest BCUT2D eigenvalue weighted by molar-refractivity contribution is 6.88. The molecule has 0 bridgehead atoms. The van der Waals surface area contributed by atoms with Gasteiger partial charge in [0, 0.05) is 6.07 Å². The van der Waals surface area contributed by atoms with Crippen molar-refractivity contribution in [1.29, 1.82) is 0 Å². The molecule has 72 valence electrons. The van der Waals surface area contributed by atoms with Crippen LogP contribution in [-0.2, 0) is 0 Å². The number of hydrogen-bond acceptors (Lipinski definition) is 2. The van der Waals surface area contributed by atoms with Crippen molar-refractivity contribution in [2.75, 3.05) is 0 Å². The maximum Gasteiger partial charge on any atom is 0.338 e. The van der Waals surface area contributed by atoms with E-state index in [9.17, 15) is 4.79 Å². The summed E-state index contributed by atoms with van der Waals surface area (Å²) in [6, 6.07) is 1.36. The molecular weight excluding hydrogens is 208 g/mol. The van der Waals surface area contributed by atoms with Crippen molar-refractivity contribution in [2.24, 2.45) is 0 Å². The molecule has 0 saturated heterocycles. The monoisotopic (exact) mass is 218 g/mol. The minimum Gasteiger partial charge on any atom is -0.478 e. The molecule has 0 unspecified atom stereocenters. The van der Waals surface area contributed by atoms with Gasteiger partial charge in [-0.15, -0.1) is 0 Å². The summed E-state index contributed by atoms with van der Waals surface area (Å²) in [6.07, 6.45) is 0. The summed E-state index contributed by atoms with van der Waals surface area (Å²) < 4.78 is 5.19. The number of halogens is 1. The molecule has 0 aliphatic carbocycles. The van der Waals surface area contributed by atoms with Gasteiger partial charge in [-0.25, -0.2) is 4.79 Å². The Morgan fingerprint density at radius 1 is 1.54 bits per heavy atom. The average molecular weight is 219 g/mol. The Morgan fingerprint density at radius 3 is 2.38 bits per heavy atom. The fourth-order valence-electron chi connectivity index (χ4n) is 1.08. The molecule has 5 heteroatoms. The van der Waals surface area contributed by atoms with E-state index in [1.54, 1.807) is 0 Å². The van der Waals surface area contributed by atoms with Gasteiger partial charge in [-0.05, 0) is 11.6 Å². The van der Waals surface area contributed by atoms with E-state index in [1.165, 1.54) is 6.07 Å². The molecule has 3 nitrogen and oxygen atoms in total. The van der Waals surface area contributed by atoms with Gasteiger partial charge >= 0.3 is 5.97 Å².